The lowest BCUT2D eigenvalue weighted by Crippen LogP contribution is -2.30. The van der Waals surface area contributed by atoms with E-state index in [-0.39, 0.29) is 31.1 Å². The van der Waals surface area contributed by atoms with Crippen molar-refractivity contribution in [2.75, 3.05) is 13.2 Å². The average Bonchev–Trinajstić information content (AvgIpc) is 3.31. The zero-order chi connectivity index (χ0) is 47.9. The van der Waals surface area contributed by atoms with Gasteiger partial charge in [-0.15, -0.1) is 0 Å². The molecule has 0 aromatic rings. The second-order valence-electron chi connectivity index (χ2n) is 20.3. The Kier molecular flexibility index (Phi) is 54.2. The van der Waals surface area contributed by atoms with Gasteiger partial charge in [0.05, 0.1) is 0 Å². The van der Waals surface area contributed by atoms with Gasteiger partial charge in [-0.2, -0.15) is 0 Å². The maximum atomic E-state index is 12.7. The van der Waals surface area contributed by atoms with Gasteiger partial charge in [0.15, 0.2) is 6.10 Å². The lowest BCUT2D eigenvalue weighted by atomic mass is 10.0. The van der Waals surface area contributed by atoms with Crippen LogP contribution in [0.25, 0.3) is 0 Å². The van der Waals surface area contributed by atoms with Crippen LogP contribution in [0.3, 0.4) is 0 Å². The average molecular weight is 932 g/mol. The highest BCUT2D eigenvalue weighted by Gasteiger charge is 2.19. The molecule has 0 heterocycles. The predicted octanol–water partition coefficient (Wildman–Crippen LogP) is 19.7. The molecule has 0 amide bonds. The van der Waals surface area contributed by atoms with Gasteiger partial charge in [-0.1, -0.05) is 290 Å². The van der Waals surface area contributed by atoms with Crippen molar-refractivity contribution in [1.29, 1.82) is 0 Å². The van der Waals surface area contributed by atoms with E-state index in [1.54, 1.807) is 0 Å². The zero-order valence-corrected chi connectivity index (χ0v) is 44.7. The molecule has 0 radical (unpaired) electrons. The standard InChI is InChI=1S/C60H114O6/c1-4-7-10-13-16-19-21-22-23-24-25-26-27-28-29-30-31-32-33-34-35-36-37-38-40-41-44-47-50-53-59(62)65-56-57(55-64-58(61)52-49-46-43-18-15-12-9-6-3)66-60(63)54-51-48-45-42-39-20-17-14-11-8-5-2/h14,17,57H,4-13,15-16,18-56H2,1-3H3/b17-14-. The SMILES string of the molecule is CCCC/C=C\CCCCCCCC(=O)OC(COC(=O)CCCCCCCCCC)COC(=O)CCCCCCCCCCCCCCCCCCCCCCCCCCCCCCC. The summed E-state index contributed by atoms with van der Waals surface area (Å²) in [5, 5.41) is 0. The molecule has 66 heavy (non-hydrogen) atoms. The molecular weight excluding hydrogens is 817 g/mol. The van der Waals surface area contributed by atoms with Gasteiger partial charge < -0.3 is 14.2 Å². The first-order valence-electron chi connectivity index (χ1n) is 29.7. The van der Waals surface area contributed by atoms with Gasteiger partial charge in [0.2, 0.25) is 0 Å². The second kappa shape index (κ2) is 55.7. The van der Waals surface area contributed by atoms with E-state index >= 15 is 0 Å². The minimum atomic E-state index is -0.767. The number of carbonyl (C=O) groups excluding carboxylic acids is 3. The van der Waals surface area contributed by atoms with Gasteiger partial charge in [-0.25, -0.2) is 0 Å². The summed E-state index contributed by atoms with van der Waals surface area (Å²) in [6.07, 6.45) is 64.0. The summed E-state index contributed by atoms with van der Waals surface area (Å²) in [4.78, 5) is 37.9. The summed E-state index contributed by atoms with van der Waals surface area (Å²) in [6.45, 7) is 6.61. The monoisotopic (exact) mass is 931 g/mol. The quantitative estimate of drug-likeness (QED) is 0.0262. The third-order valence-corrected chi connectivity index (χ3v) is 13.5. The van der Waals surface area contributed by atoms with Gasteiger partial charge in [-0.3, -0.25) is 14.4 Å². The van der Waals surface area contributed by atoms with E-state index in [1.165, 1.54) is 231 Å². The van der Waals surface area contributed by atoms with Crippen molar-refractivity contribution in [3.05, 3.63) is 12.2 Å². The molecule has 0 rings (SSSR count). The third kappa shape index (κ3) is 53.1. The molecule has 6 heteroatoms. The Bertz CT molecular complexity index is 1020. The van der Waals surface area contributed by atoms with Gasteiger partial charge in [0.25, 0.3) is 0 Å². The van der Waals surface area contributed by atoms with Crippen LogP contribution < -0.4 is 0 Å². The summed E-state index contributed by atoms with van der Waals surface area (Å²) >= 11 is 0. The normalized spacial score (nSPS) is 12.0. The lowest BCUT2D eigenvalue weighted by Gasteiger charge is -2.18. The Balaban J connectivity index is 3.96. The number of carbonyl (C=O) groups is 3. The van der Waals surface area contributed by atoms with E-state index in [4.69, 9.17) is 14.2 Å². The van der Waals surface area contributed by atoms with E-state index in [1.807, 2.05) is 0 Å². The van der Waals surface area contributed by atoms with Crippen LogP contribution in [-0.2, 0) is 28.6 Å². The van der Waals surface area contributed by atoms with Crippen molar-refractivity contribution in [2.45, 2.75) is 341 Å². The molecule has 0 saturated heterocycles. The number of allylic oxidation sites excluding steroid dienone is 2. The van der Waals surface area contributed by atoms with Crippen LogP contribution >= 0.6 is 0 Å². The first-order valence-corrected chi connectivity index (χ1v) is 29.7. The van der Waals surface area contributed by atoms with Crippen LogP contribution in [0.2, 0.25) is 0 Å². The fourth-order valence-electron chi connectivity index (χ4n) is 9.02. The van der Waals surface area contributed by atoms with Crippen LogP contribution in [0.4, 0.5) is 0 Å². The molecule has 0 aromatic carbocycles. The number of esters is 3. The highest BCUT2D eigenvalue weighted by atomic mass is 16.6. The Morgan fingerprint density at radius 2 is 0.515 bits per heavy atom. The maximum absolute atomic E-state index is 12.7. The first kappa shape index (κ1) is 64.2. The van der Waals surface area contributed by atoms with Gasteiger partial charge in [-0.05, 0) is 38.5 Å². The molecule has 0 aromatic heterocycles. The molecule has 0 aliphatic heterocycles. The Morgan fingerprint density at radius 3 is 0.803 bits per heavy atom. The molecule has 0 spiro atoms. The summed E-state index contributed by atoms with van der Waals surface area (Å²) in [5.74, 6) is -0.865. The molecule has 0 aliphatic rings. The van der Waals surface area contributed by atoms with Crippen LogP contribution in [0.15, 0.2) is 12.2 Å². The number of rotatable bonds is 55. The smallest absolute Gasteiger partial charge is 0.306 e. The van der Waals surface area contributed by atoms with E-state index in [2.05, 4.69) is 32.9 Å². The molecule has 1 unspecified atom stereocenters. The molecule has 0 aliphatic carbocycles. The Labute approximate surface area is 411 Å². The molecule has 6 nitrogen and oxygen atoms in total. The Hall–Kier alpha value is -1.85. The van der Waals surface area contributed by atoms with Gasteiger partial charge >= 0.3 is 17.9 Å². The van der Waals surface area contributed by atoms with Crippen molar-refractivity contribution in [1.82, 2.24) is 0 Å². The predicted molar refractivity (Wildman–Crippen MR) is 284 cm³/mol. The highest BCUT2D eigenvalue weighted by Crippen LogP contribution is 2.18. The van der Waals surface area contributed by atoms with Crippen molar-refractivity contribution in [3.8, 4) is 0 Å². The topological polar surface area (TPSA) is 78.9 Å². The molecule has 0 N–H and O–H groups in total. The molecule has 0 saturated carbocycles. The van der Waals surface area contributed by atoms with E-state index in [0.717, 1.165) is 64.2 Å². The minimum absolute atomic E-state index is 0.0685. The van der Waals surface area contributed by atoms with E-state index in [9.17, 15) is 14.4 Å². The van der Waals surface area contributed by atoms with Gasteiger partial charge in [0.1, 0.15) is 13.2 Å². The van der Waals surface area contributed by atoms with Crippen LogP contribution in [0.1, 0.15) is 335 Å². The first-order chi connectivity index (χ1) is 32.5. The molecular formula is C60H114O6. The van der Waals surface area contributed by atoms with Crippen molar-refractivity contribution in [3.63, 3.8) is 0 Å². The van der Waals surface area contributed by atoms with Gasteiger partial charge in [0, 0.05) is 19.3 Å². The fraction of sp³-hybridized carbons (Fsp3) is 0.917. The van der Waals surface area contributed by atoms with Crippen LogP contribution in [-0.4, -0.2) is 37.2 Å². The summed E-state index contributed by atoms with van der Waals surface area (Å²) < 4.78 is 16.8. The van der Waals surface area contributed by atoms with Crippen molar-refractivity contribution in [2.24, 2.45) is 0 Å². The van der Waals surface area contributed by atoms with Crippen LogP contribution in [0, 0.1) is 0 Å². The molecule has 1 atom stereocenters. The summed E-state index contributed by atoms with van der Waals surface area (Å²) in [7, 11) is 0. The lowest BCUT2D eigenvalue weighted by molar-refractivity contribution is -0.167. The number of ether oxygens (including phenoxy) is 3. The van der Waals surface area contributed by atoms with E-state index in [0.29, 0.717) is 19.3 Å². The highest BCUT2D eigenvalue weighted by molar-refractivity contribution is 5.71. The maximum Gasteiger partial charge on any atom is 0.306 e. The number of hydrogen-bond acceptors (Lipinski definition) is 6. The summed E-state index contributed by atoms with van der Waals surface area (Å²) in [6, 6.07) is 0. The molecule has 0 bridgehead atoms. The second-order valence-corrected chi connectivity index (χ2v) is 20.3. The number of unbranched alkanes of at least 4 members (excludes halogenated alkanes) is 42. The fourth-order valence-corrected chi connectivity index (χ4v) is 9.02. The zero-order valence-electron chi connectivity index (χ0n) is 44.7. The van der Waals surface area contributed by atoms with E-state index < -0.39 is 6.10 Å². The Morgan fingerprint density at radius 1 is 0.288 bits per heavy atom. The number of hydrogen-bond donors (Lipinski definition) is 0. The van der Waals surface area contributed by atoms with Crippen LogP contribution in [0.5, 0.6) is 0 Å². The largest absolute Gasteiger partial charge is 0.462 e. The third-order valence-electron chi connectivity index (χ3n) is 13.5. The van der Waals surface area contributed by atoms with Crippen molar-refractivity contribution >= 4 is 17.9 Å². The minimum Gasteiger partial charge on any atom is -0.462 e. The molecule has 0 fully saturated rings. The van der Waals surface area contributed by atoms with Crippen molar-refractivity contribution < 1.29 is 28.6 Å². The molecule has 390 valence electrons. The summed E-state index contributed by atoms with van der Waals surface area (Å²) in [5.41, 5.74) is 0.